The Kier molecular flexibility index (Phi) is 3.39. The first-order valence-electron chi connectivity index (χ1n) is 6.62. The third-order valence-corrected chi connectivity index (χ3v) is 3.20. The molecule has 1 heterocycles. The van der Waals surface area contributed by atoms with Crippen LogP contribution in [0.15, 0.2) is 46.9 Å². The highest BCUT2D eigenvalue weighted by Crippen LogP contribution is 2.16. The number of oxazole rings is 1. The van der Waals surface area contributed by atoms with E-state index < -0.39 is 0 Å². The summed E-state index contributed by atoms with van der Waals surface area (Å²) >= 11 is 0. The van der Waals surface area contributed by atoms with Crippen LogP contribution in [0, 0.1) is 6.92 Å². The zero-order chi connectivity index (χ0) is 13.9. The van der Waals surface area contributed by atoms with Crippen molar-refractivity contribution in [2.24, 2.45) is 0 Å². The minimum atomic E-state index is 0.701. The molecular weight excluding hydrogens is 250 g/mol. The van der Waals surface area contributed by atoms with Crippen LogP contribution in [0.3, 0.4) is 0 Å². The van der Waals surface area contributed by atoms with E-state index in [9.17, 15) is 0 Å². The van der Waals surface area contributed by atoms with Crippen LogP contribution in [0.25, 0.3) is 11.1 Å². The number of hydrogen-bond acceptors (Lipinski definition) is 4. The Morgan fingerprint density at radius 2 is 1.75 bits per heavy atom. The molecule has 102 valence electrons. The molecule has 3 aromatic rings. The lowest BCUT2D eigenvalue weighted by Gasteiger charge is -2.05. The fraction of sp³-hybridized carbons (Fsp3) is 0.188. The molecule has 0 saturated carbocycles. The lowest BCUT2D eigenvalue weighted by Crippen LogP contribution is -2.12. The van der Waals surface area contributed by atoms with Crippen molar-refractivity contribution < 1.29 is 4.42 Å². The van der Waals surface area contributed by atoms with E-state index in [-0.39, 0.29) is 0 Å². The summed E-state index contributed by atoms with van der Waals surface area (Å²) in [5.41, 5.74) is 10.6. The number of benzene rings is 2. The molecule has 0 bridgehead atoms. The number of nitrogens with one attached hydrogen (secondary N) is 1. The van der Waals surface area contributed by atoms with Crippen molar-refractivity contribution in [3.63, 3.8) is 0 Å². The van der Waals surface area contributed by atoms with E-state index in [1.807, 2.05) is 37.3 Å². The average molecular weight is 267 g/mol. The summed E-state index contributed by atoms with van der Waals surface area (Å²) in [5.74, 6) is 0.701. The molecule has 1 aromatic heterocycles. The Morgan fingerprint density at radius 1 is 1.05 bits per heavy atom. The van der Waals surface area contributed by atoms with Crippen molar-refractivity contribution in [3.8, 4) is 0 Å². The molecule has 0 amide bonds. The molecule has 4 heteroatoms. The first-order chi connectivity index (χ1) is 9.70. The summed E-state index contributed by atoms with van der Waals surface area (Å²) in [6.07, 6.45) is 0. The summed E-state index contributed by atoms with van der Waals surface area (Å²) in [6, 6.07) is 14.0. The van der Waals surface area contributed by atoms with Crippen LogP contribution in [-0.2, 0) is 13.1 Å². The third kappa shape index (κ3) is 2.81. The van der Waals surface area contributed by atoms with E-state index in [0.717, 1.165) is 29.9 Å². The fourth-order valence-corrected chi connectivity index (χ4v) is 2.18. The van der Waals surface area contributed by atoms with Crippen molar-refractivity contribution >= 4 is 16.8 Å². The fourth-order valence-electron chi connectivity index (χ4n) is 2.18. The van der Waals surface area contributed by atoms with Gasteiger partial charge in [-0.1, -0.05) is 18.2 Å². The number of rotatable bonds is 4. The number of nitrogens with zero attached hydrogens (tertiary/aromatic N) is 1. The van der Waals surface area contributed by atoms with Crippen molar-refractivity contribution in [1.82, 2.24) is 10.3 Å². The molecule has 0 unspecified atom stereocenters. The Balaban J connectivity index is 1.63. The van der Waals surface area contributed by atoms with Crippen LogP contribution in [0.1, 0.15) is 17.0 Å². The van der Waals surface area contributed by atoms with E-state index >= 15 is 0 Å². The maximum atomic E-state index is 5.66. The number of anilines is 1. The normalized spacial score (nSPS) is 11.1. The van der Waals surface area contributed by atoms with Gasteiger partial charge in [-0.15, -0.1) is 0 Å². The summed E-state index contributed by atoms with van der Waals surface area (Å²) < 4.78 is 5.46. The van der Waals surface area contributed by atoms with Gasteiger partial charge in [0.2, 0.25) is 0 Å². The molecule has 0 aliphatic carbocycles. The molecule has 20 heavy (non-hydrogen) atoms. The number of aryl methyl sites for hydroxylation is 1. The van der Waals surface area contributed by atoms with Gasteiger partial charge >= 0.3 is 0 Å². The molecule has 3 N–H and O–H groups in total. The number of hydrogen-bond donors (Lipinski definition) is 2. The summed E-state index contributed by atoms with van der Waals surface area (Å²) in [6.45, 7) is 3.47. The maximum Gasteiger partial charge on any atom is 0.192 e. The van der Waals surface area contributed by atoms with Crippen LogP contribution in [0.4, 0.5) is 5.69 Å². The first kappa shape index (κ1) is 12.7. The largest absolute Gasteiger partial charge is 0.441 e. The van der Waals surface area contributed by atoms with Gasteiger partial charge in [0, 0.05) is 25.7 Å². The minimum Gasteiger partial charge on any atom is -0.441 e. The van der Waals surface area contributed by atoms with Gasteiger partial charge in [0.25, 0.3) is 0 Å². The number of fused-ring (bicyclic) bond motifs is 1. The van der Waals surface area contributed by atoms with Gasteiger partial charge in [-0.3, -0.25) is 0 Å². The van der Waals surface area contributed by atoms with Gasteiger partial charge in [0.05, 0.1) is 0 Å². The Bertz CT molecular complexity index is 716. The number of nitrogen functional groups attached to an aromatic ring is 1. The molecule has 0 spiro atoms. The molecule has 0 saturated heterocycles. The standard InChI is InChI=1S/C16H17N3O/c1-11-19-15-8-13(4-7-16(15)20-11)10-18-9-12-2-5-14(17)6-3-12/h2-8,18H,9-10,17H2,1H3. The van der Waals surface area contributed by atoms with E-state index in [2.05, 4.69) is 22.4 Å². The van der Waals surface area contributed by atoms with Crippen LogP contribution >= 0.6 is 0 Å². The van der Waals surface area contributed by atoms with E-state index in [0.29, 0.717) is 5.89 Å². The third-order valence-electron chi connectivity index (χ3n) is 3.20. The van der Waals surface area contributed by atoms with E-state index in [4.69, 9.17) is 10.2 Å². The second-order valence-corrected chi connectivity index (χ2v) is 4.88. The van der Waals surface area contributed by atoms with Crippen molar-refractivity contribution in [2.75, 3.05) is 5.73 Å². The summed E-state index contributed by atoms with van der Waals surface area (Å²) in [4.78, 5) is 4.34. The minimum absolute atomic E-state index is 0.701. The Labute approximate surface area is 117 Å². The monoisotopic (exact) mass is 267 g/mol. The zero-order valence-electron chi connectivity index (χ0n) is 11.4. The molecule has 2 aromatic carbocycles. The first-order valence-corrected chi connectivity index (χ1v) is 6.62. The molecule has 0 aliphatic rings. The Morgan fingerprint density at radius 3 is 2.55 bits per heavy atom. The second kappa shape index (κ2) is 5.35. The molecule has 0 radical (unpaired) electrons. The molecule has 0 fully saturated rings. The van der Waals surface area contributed by atoms with Gasteiger partial charge in [-0.05, 0) is 35.4 Å². The van der Waals surface area contributed by atoms with Crippen molar-refractivity contribution in [3.05, 3.63) is 59.5 Å². The molecular formula is C16H17N3O. The van der Waals surface area contributed by atoms with Crippen LogP contribution in [0.5, 0.6) is 0 Å². The SMILES string of the molecule is Cc1nc2cc(CNCc3ccc(N)cc3)ccc2o1. The Hall–Kier alpha value is -2.33. The van der Waals surface area contributed by atoms with Crippen LogP contribution in [-0.4, -0.2) is 4.98 Å². The zero-order valence-corrected chi connectivity index (χ0v) is 11.4. The topological polar surface area (TPSA) is 64.1 Å². The van der Waals surface area contributed by atoms with E-state index in [1.165, 1.54) is 11.1 Å². The second-order valence-electron chi connectivity index (χ2n) is 4.88. The lowest BCUT2D eigenvalue weighted by molar-refractivity contribution is 0.561. The summed E-state index contributed by atoms with van der Waals surface area (Å²) in [7, 11) is 0. The van der Waals surface area contributed by atoms with Crippen molar-refractivity contribution in [1.29, 1.82) is 0 Å². The van der Waals surface area contributed by atoms with Gasteiger partial charge in [-0.2, -0.15) is 0 Å². The van der Waals surface area contributed by atoms with Gasteiger partial charge < -0.3 is 15.5 Å². The highest BCUT2D eigenvalue weighted by Gasteiger charge is 2.03. The predicted molar refractivity (Wildman–Crippen MR) is 80.1 cm³/mol. The van der Waals surface area contributed by atoms with Crippen LogP contribution < -0.4 is 11.1 Å². The van der Waals surface area contributed by atoms with Crippen molar-refractivity contribution in [2.45, 2.75) is 20.0 Å². The summed E-state index contributed by atoms with van der Waals surface area (Å²) in [5, 5.41) is 3.41. The van der Waals surface area contributed by atoms with Gasteiger partial charge in [0.1, 0.15) is 5.52 Å². The highest BCUT2D eigenvalue weighted by molar-refractivity contribution is 5.73. The molecule has 4 nitrogen and oxygen atoms in total. The molecule has 3 rings (SSSR count). The number of nitrogens with two attached hydrogens (primary N) is 1. The average Bonchev–Trinajstić information content (AvgIpc) is 2.80. The van der Waals surface area contributed by atoms with E-state index in [1.54, 1.807) is 0 Å². The smallest absolute Gasteiger partial charge is 0.192 e. The maximum absolute atomic E-state index is 5.66. The number of aromatic nitrogens is 1. The molecule has 0 aliphatic heterocycles. The lowest BCUT2D eigenvalue weighted by atomic mass is 10.2. The highest BCUT2D eigenvalue weighted by atomic mass is 16.3. The van der Waals surface area contributed by atoms with Gasteiger partial charge in [0.15, 0.2) is 11.5 Å². The molecule has 0 atom stereocenters. The quantitative estimate of drug-likeness (QED) is 0.713. The van der Waals surface area contributed by atoms with Gasteiger partial charge in [-0.25, -0.2) is 4.98 Å². The van der Waals surface area contributed by atoms with Crippen LogP contribution in [0.2, 0.25) is 0 Å². The predicted octanol–water partition coefficient (Wildman–Crippen LogP) is 3.01.